The van der Waals surface area contributed by atoms with Crippen LogP contribution in [0.1, 0.15) is 5.82 Å². The number of nitrogen functional groups attached to an aromatic ring is 1. The molecule has 5 rings (SSSR count). The number of hydrogen-bond donors (Lipinski definition) is 3. The van der Waals surface area contributed by atoms with E-state index in [2.05, 4.69) is 30.0 Å². The van der Waals surface area contributed by atoms with Crippen LogP contribution in [0.25, 0.3) is 10.1 Å². The number of aliphatic carboxylic acids is 1. The average Bonchev–Trinajstić information content (AvgIpc) is 3.48. The summed E-state index contributed by atoms with van der Waals surface area (Å²) in [6.45, 7) is 0.317. The fraction of sp³-hybridized carbons (Fsp3) is 0.250. The van der Waals surface area contributed by atoms with Crippen molar-refractivity contribution in [3.8, 4) is 0 Å². The smallest absolute Gasteiger partial charge is 0.352 e. The maximum absolute atomic E-state index is 13.0. The van der Waals surface area contributed by atoms with Crippen molar-refractivity contribution >= 4 is 62.7 Å². The molecule has 0 bridgehead atoms. The van der Waals surface area contributed by atoms with Gasteiger partial charge in [-0.3, -0.25) is 14.5 Å². The van der Waals surface area contributed by atoms with Crippen molar-refractivity contribution in [2.24, 2.45) is 5.16 Å². The molecule has 3 aromatic rings. The average molecular weight is 517 g/mol. The zero-order valence-corrected chi connectivity index (χ0v) is 19.7. The number of β-lactam (4-membered cyclic amide) rings is 1. The number of anilines is 1. The van der Waals surface area contributed by atoms with Crippen LogP contribution in [-0.4, -0.2) is 67.9 Å². The predicted octanol–water partition coefficient (Wildman–Crippen LogP) is -0.0567. The first kappa shape index (κ1) is 22.8. The van der Waals surface area contributed by atoms with Gasteiger partial charge in [0.15, 0.2) is 18.9 Å². The second-order valence-electron chi connectivity index (χ2n) is 7.55. The molecular formula is C20H18N7O6S2+. The number of carboxylic acid groups (broad SMARTS) is 1. The molecule has 2 atom stereocenters. The molecule has 2 aliphatic rings. The van der Waals surface area contributed by atoms with E-state index in [-0.39, 0.29) is 23.2 Å². The molecular weight excluding hydrogens is 498 g/mol. The number of carboxylic acids is 1. The lowest BCUT2D eigenvalue weighted by atomic mass is 10.0. The van der Waals surface area contributed by atoms with E-state index in [9.17, 15) is 19.5 Å². The molecule has 13 nitrogen and oxygen atoms in total. The second-order valence-corrected chi connectivity index (χ2v) is 9.61. The molecule has 1 saturated heterocycles. The number of thioether (sulfide) groups is 1. The lowest BCUT2D eigenvalue weighted by molar-refractivity contribution is -0.687. The summed E-state index contributed by atoms with van der Waals surface area (Å²) in [4.78, 5) is 47.5. The molecule has 0 aliphatic carbocycles. The third kappa shape index (κ3) is 4.08. The van der Waals surface area contributed by atoms with Crippen LogP contribution >= 0.6 is 23.1 Å². The number of carbonyl (C=O) groups excluding carboxylic acids is 2. The Kier molecular flexibility index (Phi) is 5.86. The molecule has 2 amide bonds. The van der Waals surface area contributed by atoms with Gasteiger partial charge in [0.2, 0.25) is 11.5 Å². The van der Waals surface area contributed by atoms with Gasteiger partial charge in [-0.1, -0.05) is 10.3 Å². The Morgan fingerprint density at radius 1 is 1.46 bits per heavy atom. The van der Waals surface area contributed by atoms with Crippen LogP contribution in [0.15, 0.2) is 50.9 Å². The van der Waals surface area contributed by atoms with Crippen LogP contribution in [-0.2, 0) is 25.8 Å². The minimum Gasteiger partial charge on any atom is -0.477 e. The topological polar surface area (TPSA) is 177 Å². The summed E-state index contributed by atoms with van der Waals surface area (Å²) in [6, 6.07) is 2.72. The van der Waals surface area contributed by atoms with Gasteiger partial charge in [0.1, 0.15) is 24.2 Å². The van der Waals surface area contributed by atoms with Crippen molar-refractivity contribution < 1.29 is 33.4 Å². The van der Waals surface area contributed by atoms with Crippen molar-refractivity contribution in [1.29, 1.82) is 0 Å². The Morgan fingerprint density at radius 3 is 3.00 bits per heavy atom. The summed E-state index contributed by atoms with van der Waals surface area (Å²) >= 11 is 2.98. The Balaban J connectivity index is 1.36. The van der Waals surface area contributed by atoms with Gasteiger partial charge >= 0.3 is 12.0 Å². The van der Waals surface area contributed by atoms with Crippen molar-refractivity contribution in [2.45, 2.75) is 18.0 Å². The minimum absolute atomic E-state index is 0.0705. The van der Waals surface area contributed by atoms with Crippen molar-refractivity contribution in [1.82, 2.24) is 20.4 Å². The Labute approximate surface area is 205 Å². The van der Waals surface area contributed by atoms with Gasteiger partial charge in [-0.15, -0.1) is 23.1 Å². The molecule has 35 heavy (non-hydrogen) atoms. The van der Waals surface area contributed by atoms with E-state index in [0.717, 1.165) is 10.1 Å². The number of fused-ring (bicyclic) bond motifs is 2. The van der Waals surface area contributed by atoms with Gasteiger partial charge in [0.05, 0.1) is 5.39 Å². The summed E-state index contributed by atoms with van der Waals surface area (Å²) in [5.41, 5.74) is 5.59. The van der Waals surface area contributed by atoms with Gasteiger partial charge in [-0.05, 0) is 11.4 Å². The first-order valence-electron chi connectivity index (χ1n) is 10.1. The number of nitrogens with two attached hydrogens (primary N) is 1. The molecule has 1 fully saturated rings. The van der Waals surface area contributed by atoms with E-state index in [0.29, 0.717) is 17.9 Å². The van der Waals surface area contributed by atoms with E-state index in [4.69, 9.17) is 5.73 Å². The lowest BCUT2D eigenvalue weighted by Gasteiger charge is -2.49. The number of carbonyl (C=O) groups is 3. The maximum Gasteiger partial charge on any atom is 0.352 e. The van der Waals surface area contributed by atoms with Crippen LogP contribution in [0.2, 0.25) is 0 Å². The van der Waals surface area contributed by atoms with Crippen LogP contribution in [0.3, 0.4) is 0 Å². The molecule has 15 heteroatoms. The van der Waals surface area contributed by atoms with Crippen molar-refractivity contribution in [3.63, 3.8) is 0 Å². The number of nitrogens with one attached hydrogen (secondary N) is 1. The highest BCUT2D eigenvalue weighted by molar-refractivity contribution is 8.00. The second kappa shape index (κ2) is 8.99. The number of amides is 2. The molecule has 180 valence electrons. The SMILES string of the molecule is CO/N=C(\C(=O)NC1C(=O)N2C(C(=O)O)=C(C[n+]3ccc4sccc4c3)CS[C@H]12)c1noc(N)n1. The number of hydrogen-bond acceptors (Lipinski definition) is 11. The summed E-state index contributed by atoms with van der Waals surface area (Å²) < 4.78 is 7.68. The van der Waals surface area contributed by atoms with Crippen LogP contribution in [0.4, 0.5) is 6.01 Å². The number of oxime groups is 1. The minimum atomic E-state index is -1.20. The van der Waals surface area contributed by atoms with Crippen LogP contribution in [0.5, 0.6) is 0 Å². The molecule has 3 aromatic heterocycles. The van der Waals surface area contributed by atoms with E-state index in [1.807, 2.05) is 34.5 Å². The first-order chi connectivity index (χ1) is 16.9. The quantitative estimate of drug-likeness (QED) is 0.167. The number of aromatic nitrogens is 3. The van der Waals surface area contributed by atoms with E-state index >= 15 is 0 Å². The molecule has 0 saturated carbocycles. The number of nitrogens with zero attached hydrogens (tertiary/aromatic N) is 5. The van der Waals surface area contributed by atoms with Crippen LogP contribution < -0.4 is 15.6 Å². The maximum atomic E-state index is 13.0. The predicted molar refractivity (Wildman–Crippen MR) is 124 cm³/mol. The van der Waals surface area contributed by atoms with E-state index < -0.39 is 29.2 Å². The fourth-order valence-corrected chi connectivity index (χ4v) is 5.99. The Morgan fingerprint density at radius 2 is 2.29 bits per heavy atom. The highest BCUT2D eigenvalue weighted by atomic mass is 32.2. The molecule has 4 N–H and O–H groups in total. The zero-order valence-electron chi connectivity index (χ0n) is 18.1. The summed E-state index contributed by atoms with van der Waals surface area (Å²) in [6.07, 6.45) is 3.82. The molecule has 0 aromatic carbocycles. The summed E-state index contributed by atoms with van der Waals surface area (Å²) in [7, 11) is 1.23. The highest BCUT2D eigenvalue weighted by Crippen LogP contribution is 2.40. The largest absolute Gasteiger partial charge is 0.477 e. The molecule has 1 unspecified atom stereocenters. The fourth-order valence-electron chi connectivity index (χ4n) is 3.90. The third-order valence-corrected chi connectivity index (χ3v) is 7.65. The third-order valence-electron chi connectivity index (χ3n) is 5.41. The van der Waals surface area contributed by atoms with E-state index in [1.54, 1.807) is 11.3 Å². The molecule has 0 spiro atoms. The van der Waals surface area contributed by atoms with Gasteiger partial charge in [0, 0.05) is 22.1 Å². The monoisotopic (exact) mass is 516 g/mol. The molecule has 5 heterocycles. The zero-order chi connectivity index (χ0) is 24.7. The van der Waals surface area contributed by atoms with E-state index in [1.165, 1.54) is 23.8 Å². The number of pyridine rings is 1. The Hall–Kier alpha value is -3.98. The van der Waals surface area contributed by atoms with Gasteiger partial charge in [0.25, 0.3) is 11.8 Å². The normalized spacial score (nSPS) is 20.0. The number of thiophene rings is 1. The molecule has 2 aliphatic heterocycles. The molecule has 0 radical (unpaired) electrons. The van der Waals surface area contributed by atoms with Crippen molar-refractivity contribution in [3.05, 3.63) is 47.0 Å². The van der Waals surface area contributed by atoms with Gasteiger partial charge in [-0.2, -0.15) is 4.98 Å². The van der Waals surface area contributed by atoms with Crippen LogP contribution in [0, 0.1) is 0 Å². The standard InChI is InChI=1S/C20H17N7O6S2/c1-32-24-12(15-23-20(21)33-25-15)16(28)22-13-17(29)27-14(19(30)31)10(8-35-18(13)27)7-26-4-2-11-9(6-26)3-5-34-11/h2-6,13,18H,7-8H2,1H3,(H3-,21,22,23,25,28,30,31)/p+1/b24-12-/t13?,18-/m1/s1. The van der Waals surface area contributed by atoms with Gasteiger partial charge < -0.3 is 25.5 Å². The highest BCUT2D eigenvalue weighted by Gasteiger charge is 2.55. The summed E-state index contributed by atoms with van der Waals surface area (Å²) in [5, 5.41) is 22.0. The van der Waals surface area contributed by atoms with Gasteiger partial charge in [-0.25, -0.2) is 9.36 Å². The number of rotatable bonds is 7. The van der Waals surface area contributed by atoms with Crippen molar-refractivity contribution in [2.75, 3.05) is 18.6 Å². The first-order valence-corrected chi connectivity index (χ1v) is 12.1. The summed E-state index contributed by atoms with van der Waals surface area (Å²) in [5.74, 6) is -2.39. The lowest BCUT2D eigenvalue weighted by Crippen LogP contribution is -2.71. The Bertz CT molecular complexity index is 1410.